The Morgan fingerprint density at radius 1 is 1.12 bits per heavy atom. The van der Waals surface area contributed by atoms with Gasteiger partial charge in [0.1, 0.15) is 23.0 Å². The molecule has 0 aliphatic carbocycles. The number of hydrogen-bond donors (Lipinski definition) is 1. The smallest absolute Gasteiger partial charge is 0.276 e. The number of benzene rings is 1. The van der Waals surface area contributed by atoms with Gasteiger partial charge in [0.25, 0.3) is 11.8 Å². The van der Waals surface area contributed by atoms with Gasteiger partial charge in [0, 0.05) is 6.07 Å². The number of aromatic nitrogens is 3. The minimum atomic E-state index is -0.799. The van der Waals surface area contributed by atoms with Crippen LogP contribution in [-0.4, -0.2) is 27.6 Å². The first kappa shape index (κ1) is 14.2. The van der Waals surface area contributed by atoms with Crippen LogP contribution >= 0.6 is 0 Å². The fraction of sp³-hybridized carbons (Fsp3) is 0.0667. The molecule has 7 nitrogen and oxygen atoms in total. The van der Waals surface area contributed by atoms with E-state index in [2.05, 4.69) is 20.4 Å². The topological polar surface area (TPSA) is 90.1 Å². The van der Waals surface area contributed by atoms with Gasteiger partial charge < -0.3 is 14.6 Å². The molecule has 4 rings (SSSR count). The lowest BCUT2D eigenvalue weighted by molar-refractivity contribution is -0.118. The highest BCUT2D eigenvalue weighted by Crippen LogP contribution is 2.29. The number of pyridine rings is 1. The lowest BCUT2D eigenvalue weighted by Crippen LogP contribution is -2.25. The maximum Gasteiger partial charge on any atom is 0.276 e. The van der Waals surface area contributed by atoms with Crippen LogP contribution in [0.4, 0.5) is 14.5 Å². The van der Waals surface area contributed by atoms with Gasteiger partial charge in [-0.2, -0.15) is 4.98 Å². The Bertz CT molecular complexity index is 958. The summed E-state index contributed by atoms with van der Waals surface area (Å²) in [7, 11) is 0. The van der Waals surface area contributed by atoms with Crippen molar-refractivity contribution in [3.63, 3.8) is 0 Å². The second-order valence-corrected chi connectivity index (χ2v) is 4.93. The molecule has 0 atom stereocenters. The fourth-order valence-corrected chi connectivity index (χ4v) is 2.19. The minimum absolute atomic E-state index is 0.00729. The monoisotopic (exact) mass is 330 g/mol. The summed E-state index contributed by atoms with van der Waals surface area (Å²) in [4.78, 5) is 19.5. The molecule has 0 saturated heterocycles. The molecule has 120 valence electrons. The summed E-state index contributed by atoms with van der Waals surface area (Å²) >= 11 is 0. The minimum Gasteiger partial charge on any atom is -0.466 e. The Balaban J connectivity index is 1.69. The zero-order valence-corrected chi connectivity index (χ0v) is 11.9. The molecule has 9 heteroatoms. The third-order valence-corrected chi connectivity index (χ3v) is 3.29. The molecule has 0 radical (unpaired) electrons. The predicted molar refractivity (Wildman–Crippen MR) is 77.0 cm³/mol. The summed E-state index contributed by atoms with van der Waals surface area (Å²) in [6.45, 7) is -0.140. The second kappa shape index (κ2) is 5.37. The molecule has 1 aromatic carbocycles. The molecular formula is C15H8F2N4O3. The second-order valence-electron chi connectivity index (χ2n) is 4.93. The zero-order chi connectivity index (χ0) is 16.7. The number of rotatable bonds is 2. The first-order valence-corrected chi connectivity index (χ1v) is 6.83. The number of fused-ring (bicyclic) bond motifs is 1. The van der Waals surface area contributed by atoms with Crippen molar-refractivity contribution in [2.75, 3.05) is 11.9 Å². The van der Waals surface area contributed by atoms with Crippen LogP contribution in [-0.2, 0) is 4.79 Å². The van der Waals surface area contributed by atoms with Crippen LogP contribution < -0.4 is 10.1 Å². The number of nitrogens with zero attached hydrogens (tertiary/aromatic N) is 3. The molecule has 0 fully saturated rings. The molecular weight excluding hydrogens is 322 g/mol. The first-order valence-electron chi connectivity index (χ1n) is 6.83. The summed E-state index contributed by atoms with van der Waals surface area (Å²) in [6, 6.07) is 6.18. The number of halogens is 2. The zero-order valence-electron chi connectivity index (χ0n) is 11.9. The SMILES string of the molecule is O=C1COc2nc(-c3nc(-c4ccc(F)cc4F)no3)ccc2N1. The van der Waals surface area contributed by atoms with Gasteiger partial charge in [0.15, 0.2) is 6.61 Å². The average molecular weight is 330 g/mol. The van der Waals surface area contributed by atoms with Crippen molar-refractivity contribution in [1.29, 1.82) is 0 Å². The molecule has 0 bridgehead atoms. The lowest BCUT2D eigenvalue weighted by Gasteiger charge is -2.16. The van der Waals surface area contributed by atoms with Crippen LogP contribution in [0.1, 0.15) is 0 Å². The average Bonchev–Trinajstić information content (AvgIpc) is 3.04. The number of carbonyl (C=O) groups is 1. The molecule has 1 amide bonds. The van der Waals surface area contributed by atoms with Crippen molar-refractivity contribution in [3.05, 3.63) is 42.0 Å². The molecule has 1 aliphatic heterocycles. The third-order valence-electron chi connectivity index (χ3n) is 3.29. The summed E-state index contributed by atoms with van der Waals surface area (Å²) in [5.41, 5.74) is 0.735. The Labute approximate surface area is 133 Å². The molecule has 3 aromatic rings. The van der Waals surface area contributed by atoms with Crippen LogP contribution in [0.2, 0.25) is 0 Å². The maximum absolute atomic E-state index is 13.8. The van der Waals surface area contributed by atoms with Crippen LogP contribution in [0, 0.1) is 11.6 Å². The van der Waals surface area contributed by atoms with E-state index >= 15 is 0 Å². The number of anilines is 1. The van der Waals surface area contributed by atoms with Gasteiger partial charge in [-0.25, -0.2) is 13.8 Å². The highest BCUT2D eigenvalue weighted by Gasteiger charge is 2.20. The van der Waals surface area contributed by atoms with E-state index < -0.39 is 11.6 Å². The predicted octanol–water partition coefficient (Wildman–Crippen LogP) is 2.41. The normalized spacial score (nSPS) is 13.2. The van der Waals surface area contributed by atoms with Gasteiger partial charge in [-0.1, -0.05) is 5.16 Å². The molecule has 1 aliphatic rings. The Morgan fingerprint density at radius 3 is 2.83 bits per heavy atom. The number of amides is 1. The summed E-state index contributed by atoms with van der Waals surface area (Å²) in [5, 5.41) is 6.28. The van der Waals surface area contributed by atoms with Gasteiger partial charge in [-0.05, 0) is 24.3 Å². The van der Waals surface area contributed by atoms with Gasteiger partial charge in [-0.3, -0.25) is 4.79 Å². The van der Waals surface area contributed by atoms with E-state index in [1.165, 1.54) is 6.07 Å². The Kier molecular flexibility index (Phi) is 3.19. The number of carbonyl (C=O) groups excluding carboxylic acids is 1. The number of nitrogens with one attached hydrogen (secondary N) is 1. The van der Waals surface area contributed by atoms with E-state index in [4.69, 9.17) is 9.26 Å². The van der Waals surface area contributed by atoms with Crippen molar-refractivity contribution in [2.45, 2.75) is 0 Å². The van der Waals surface area contributed by atoms with Gasteiger partial charge in [-0.15, -0.1) is 0 Å². The summed E-state index contributed by atoms with van der Waals surface area (Å²) in [5.74, 6) is -1.54. The van der Waals surface area contributed by atoms with Crippen molar-refractivity contribution in [3.8, 4) is 28.9 Å². The lowest BCUT2D eigenvalue weighted by atomic mass is 10.2. The molecule has 1 N–H and O–H groups in total. The standard InChI is InChI=1S/C15H8F2N4O3/c16-7-1-2-8(9(17)5-7)13-20-15(24-21-13)11-4-3-10-14(19-11)23-6-12(22)18-10/h1-5H,6H2,(H,18,22). The van der Waals surface area contributed by atoms with Crippen LogP contribution in [0.3, 0.4) is 0 Å². The molecule has 0 unspecified atom stereocenters. The molecule has 0 spiro atoms. The van der Waals surface area contributed by atoms with Crippen LogP contribution in [0.5, 0.6) is 5.88 Å². The van der Waals surface area contributed by atoms with E-state index in [1.54, 1.807) is 12.1 Å². The molecule has 0 saturated carbocycles. The highest BCUT2D eigenvalue weighted by atomic mass is 19.1. The molecule has 3 heterocycles. The van der Waals surface area contributed by atoms with E-state index in [0.29, 0.717) is 11.4 Å². The van der Waals surface area contributed by atoms with Crippen molar-refractivity contribution >= 4 is 11.6 Å². The van der Waals surface area contributed by atoms with E-state index in [9.17, 15) is 13.6 Å². The summed E-state index contributed by atoms with van der Waals surface area (Å²) in [6.07, 6.45) is 0. The fourth-order valence-electron chi connectivity index (χ4n) is 2.19. The van der Waals surface area contributed by atoms with Crippen LogP contribution in [0.25, 0.3) is 23.0 Å². The molecule has 24 heavy (non-hydrogen) atoms. The van der Waals surface area contributed by atoms with Crippen LogP contribution in [0.15, 0.2) is 34.9 Å². The highest BCUT2D eigenvalue weighted by molar-refractivity contribution is 5.95. The maximum atomic E-state index is 13.8. The quantitative estimate of drug-likeness (QED) is 0.776. The Morgan fingerprint density at radius 2 is 2.00 bits per heavy atom. The first-order chi connectivity index (χ1) is 11.6. The van der Waals surface area contributed by atoms with Gasteiger partial charge >= 0.3 is 0 Å². The van der Waals surface area contributed by atoms with Crippen molar-refractivity contribution in [1.82, 2.24) is 15.1 Å². The number of hydrogen-bond acceptors (Lipinski definition) is 6. The number of ether oxygens (including phenoxy) is 1. The van der Waals surface area contributed by atoms with Gasteiger partial charge in [0.05, 0.1) is 5.56 Å². The molecule has 2 aromatic heterocycles. The van der Waals surface area contributed by atoms with E-state index in [-0.39, 0.29) is 35.7 Å². The van der Waals surface area contributed by atoms with E-state index in [1.807, 2.05) is 0 Å². The van der Waals surface area contributed by atoms with Gasteiger partial charge in [0.2, 0.25) is 11.7 Å². The van der Waals surface area contributed by atoms with Crippen molar-refractivity contribution in [2.24, 2.45) is 0 Å². The summed E-state index contributed by atoms with van der Waals surface area (Å²) < 4.78 is 37.0. The Hall–Kier alpha value is -3.36. The van der Waals surface area contributed by atoms with E-state index in [0.717, 1.165) is 12.1 Å². The third kappa shape index (κ3) is 2.45. The van der Waals surface area contributed by atoms with Crippen molar-refractivity contribution < 1.29 is 22.8 Å². The largest absolute Gasteiger partial charge is 0.466 e.